The van der Waals surface area contributed by atoms with Gasteiger partial charge in [0.1, 0.15) is 5.75 Å². The molecule has 0 unspecified atom stereocenters. The number of aromatic hydroxyl groups is 1. The standard InChI is InChI=1S/C16H25N3O.2ClH/c1-11-5-6-13(17)16(20)14(11)15(12-3-2-4-12)19-9-7-18-8-10-19;;/h5-6,12,15,18,20H,2-4,7-10,17H2,1H3;2*1H/t15-;;/m1../s1. The topological polar surface area (TPSA) is 61.5 Å². The molecule has 6 heteroatoms. The fourth-order valence-electron chi connectivity index (χ4n) is 3.53. The highest BCUT2D eigenvalue weighted by molar-refractivity contribution is 5.85. The number of piperazine rings is 1. The average Bonchev–Trinajstić information content (AvgIpc) is 2.41. The maximum atomic E-state index is 10.5. The van der Waals surface area contributed by atoms with E-state index in [0.29, 0.717) is 23.4 Å². The summed E-state index contributed by atoms with van der Waals surface area (Å²) < 4.78 is 0. The molecule has 126 valence electrons. The lowest BCUT2D eigenvalue weighted by Crippen LogP contribution is -2.48. The number of nitrogen functional groups attached to an aromatic ring is 1. The van der Waals surface area contributed by atoms with Gasteiger partial charge in [-0.1, -0.05) is 12.5 Å². The second kappa shape index (κ2) is 8.25. The first-order chi connectivity index (χ1) is 9.68. The third kappa shape index (κ3) is 3.62. The minimum Gasteiger partial charge on any atom is -0.505 e. The van der Waals surface area contributed by atoms with Crippen LogP contribution in [0.5, 0.6) is 5.75 Å². The summed E-state index contributed by atoms with van der Waals surface area (Å²) in [6, 6.07) is 4.18. The molecule has 0 radical (unpaired) electrons. The molecular weight excluding hydrogens is 321 g/mol. The molecule has 1 aromatic rings. The molecule has 1 saturated carbocycles. The van der Waals surface area contributed by atoms with Crippen molar-refractivity contribution in [2.45, 2.75) is 32.2 Å². The molecule has 2 fully saturated rings. The number of hydrogen-bond donors (Lipinski definition) is 3. The Morgan fingerprint density at radius 1 is 1.23 bits per heavy atom. The van der Waals surface area contributed by atoms with E-state index in [1.807, 2.05) is 12.1 Å². The van der Waals surface area contributed by atoms with E-state index in [9.17, 15) is 5.11 Å². The van der Waals surface area contributed by atoms with Crippen molar-refractivity contribution in [2.24, 2.45) is 5.92 Å². The SMILES string of the molecule is Cc1ccc(N)c(O)c1[C@@H](C1CCC1)N1CCNCC1.Cl.Cl. The quantitative estimate of drug-likeness (QED) is 0.581. The molecular formula is C16H27Cl2N3O. The van der Waals surface area contributed by atoms with Crippen molar-refractivity contribution in [3.8, 4) is 5.75 Å². The third-order valence-electron chi connectivity index (χ3n) is 4.90. The lowest BCUT2D eigenvalue weighted by molar-refractivity contribution is 0.0816. The van der Waals surface area contributed by atoms with Gasteiger partial charge >= 0.3 is 0 Å². The van der Waals surface area contributed by atoms with Gasteiger partial charge in [0.15, 0.2) is 0 Å². The van der Waals surface area contributed by atoms with Crippen LogP contribution in [0.3, 0.4) is 0 Å². The number of benzene rings is 1. The average molecular weight is 348 g/mol. The van der Waals surface area contributed by atoms with E-state index in [1.54, 1.807) is 0 Å². The maximum absolute atomic E-state index is 10.5. The number of phenols is 1. The maximum Gasteiger partial charge on any atom is 0.143 e. The molecule has 1 aliphatic carbocycles. The Bertz CT molecular complexity index is 489. The van der Waals surface area contributed by atoms with Gasteiger partial charge in [-0.3, -0.25) is 4.90 Å². The monoisotopic (exact) mass is 347 g/mol. The first-order valence-corrected chi connectivity index (χ1v) is 7.71. The van der Waals surface area contributed by atoms with Crippen molar-refractivity contribution < 1.29 is 5.11 Å². The number of aryl methyl sites for hydroxylation is 1. The summed E-state index contributed by atoms with van der Waals surface area (Å²) in [5.41, 5.74) is 8.67. The van der Waals surface area contributed by atoms with Gasteiger partial charge in [-0.15, -0.1) is 24.8 Å². The van der Waals surface area contributed by atoms with Gasteiger partial charge in [-0.2, -0.15) is 0 Å². The predicted octanol–water partition coefficient (Wildman–Crippen LogP) is 2.87. The minimum absolute atomic E-state index is 0. The molecule has 4 N–H and O–H groups in total. The van der Waals surface area contributed by atoms with Crippen LogP contribution in [0.2, 0.25) is 0 Å². The molecule has 0 aromatic heterocycles. The van der Waals surface area contributed by atoms with Crippen LogP contribution >= 0.6 is 24.8 Å². The number of nitrogens with one attached hydrogen (secondary N) is 1. The molecule has 0 amide bonds. The Labute approximate surface area is 145 Å². The molecule has 0 bridgehead atoms. The second-order valence-electron chi connectivity index (χ2n) is 6.16. The molecule has 22 heavy (non-hydrogen) atoms. The van der Waals surface area contributed by atoms with Crippen LogP contribution in [0.4, 0.5) is 5.69 Å². The van der Waals surface area contributed by atoms with Crippen molar-refractivity contribution in [2.75, 3.05) is 31.9 Å². The molecule has 1 saturated heterocycles. The van der Waals surface area contributed by atoms with Crippen LogP contribution in [0, 0.1) is 12.8 Å². The minimum atomic E-state index is 0. The summed E-state index contributed by atoms with van der Waals surface area (Å²) in [6.07, 6.45) is 3.85. The summed E-state index contributed by atoms with van der Waals surface area (Å²) in [4.78, 5) is 2.53. The Kier molecular flexibility index (Phi) is 7.26. The van der Waals surface area contributed by atoms with E-state index < -0.39 is 0 Å². The van der Waals surface area contributed by atoms with Gasteiger partial charge in [0.25, 0.3) is 0 Å². The van der Waals surface area contributed by atoms with Crippen LogP contribution in [0.15, 0.2) is 12.1 Å². The van der Waals surface area contributed by atoms with Gasteiger partial charge in [0.05, 0.1) is 5.69 Å². The number of rotatable bonds is 3. The predicted molar refractivity (Wildman–Crippen MR) is 96.3 cm³/mol. The van der Waals surface area contributed by atoms with Crippen LogP contribution in [-0.2, 0) is 0 Å². The summed E-state index contributed by atoms with van der Waals surface area (Å²) in [5, 5.41) is 13.9. The summed E-state index contributed by atoms with van der Waals surface area (Å²) in [7, 11) is 0. The molecule has 1 aliphatic heterocycles. The van der Waals surface area contributed by atoms with E-state index in [-0.39, 0.29) is 24.8 Å². The normalized spacial score (nSPS) is 20.4. The fourth-order valence-corrected chi connectivity index (χ4v) is 3.53. The Hall–Kier alpha value is -0.680. The van der Waals surface area contributed by atoms with Crippen molar-refractivity contribution >= 4 is 30.5 Å². The zero-order valence-electron chi connectivity index (χ0n) is 13.0. The van der Waals surface area contributed by atoms with Gasteiger partial charge in [-0.25, -0.2) is 0 Å². The third-order valence-corrected chi connectivity index (χ3v) is 4.90. The molecule has 2 aliphatic rings. The molecule has 1 heterocycles. The molecule has 4 nitrogen and oxygen atoms in total. The number of nitrogens with zero attached hydrogens (tertiary/aromatic N) is 1. The van der Waals surface area contributed by atoms with E-state index in [0.717, 1.165) is 37.3 Å². The van der Waals surface area contributed by atoms with Crippen LogP contribution < -0.4 is 11.1 Å². The number of nitrogens with two attached hydrogens (primary N) is 1. The van der Waals surface area contributed by atoms with E-state index in [2.05, 4.69) is 17.1 Å². The Morgan fingerprint density at radius 2 is 1.86 bits per heavy atom. The number of hydrogen-bond acceptors (Lipinski definition) is 4. The van der Waals surface area contributed by atoms with Crippen LogP contribution in [0.1, 0.15) is 36.4 Å². The van der Waals surface area contributed by atoms with Gasteiger partial charge in [-0.05, 0) is 37.3 Å². The highest BCUT2D eigenvalue weighted by atomic mass is 35.5. The Morgan fingerprint density at radius 3 is 2.41 bits per heavy atom. The number of anilines is 1. The summed E-state index contributed by atoms with van der Waals surface area (Å²) in [6.45, 7) is 6.25. The first kappa shape index (κ1) is 19.4. The van der Waals surface area contributed by atoms with E-state index >= 15 is 0 Å². The first-order valence-electron chi connectivity index (χ1n) is 7.71. The van der Waals surface area contributed by atoms with Crippen molar-refractivity contribution in [3.63, 3.8) is 0 Å². The zero-order chi connectivity index (χ0) is 14.1. The second-order valence-corrected chi connectivity index (χ2v) is 6.16. The highest BCUT2D eigenvalue weighted by Gasteiger charge is 2.36. The van der Waals surface area contributed by atoms with E-state index in [4.69, 9.17) is 5.73 Å². The van der Waals surface area contributed by atoms with Crippen molar-refractivity contribution in [1.82, 2.24) is 10.2 Å². The molecule has 1 atom stereocenters. The molecule has 0 spiro atoms. The van der Waals surface area contributed by atoms with Crippen LogP contribution in [0.25, 0.3) is 0 Å². The lowest BCUT2D eigenvalue weighted by atomic mass is 9.75. The highest BCUT2D eigenvalue weighted by Crippen LogP contribution is 2.46. The molecule has 3 rings (SSSR count). The van der Waals surface area contributed by atoms with Gasteiger partial charge in [0.2, 0.25) is 0 Å². The fraction of sp³-hybridized carbons (Fsp3) is 0.625. The van der Waals surface area contributed by atoms with Gasteiger partial charge in [0, 0.05) is 37.8 Å². The zero-order valence-corrected chi connectivity index (χ0v) is 14.7. The number of phenolic OH excluding ortho intramolecular Hbond substituents is 1. The van der Waals surface area contributed by atoms with Crippen molar-refractivity contribution in [3.05, 3.63) is 23.3 Å². The molecule has 1 aromatic carbocycles. The summed E-state index contributed by atoms with van der Waals surface area (Å²) in [5.74, 6) is 0.972. The van der Waals surface area contributed by atoms with Crippen molar-refractivity contribution in [1.29, 1.82) is 0 Å². The lowest BCUT2D eigenvalue weighted by Gasteiger charge is -2.44. The van der Waals surface area contributed by atoms with Crippen LogP contribution in [-0.4, -0.2) is 36.2 Å². The van der Waals surface area contributed by atoms with Gasteiger partial charge < -0.3 is 16.2 Å². The largest absolute Gasteiger partial charge is 0.505 e. The van der Waals surface area contributed by atoms with E-state index in [1.165, 1.54) is 19.3 Å². The smallest absolute Gasteiger partial charge is 0.143 e. The Balaban J connectivity index is 0.00000121. The number of halogens is 2. The summed E-state index contributed by atoms with van der Waals surface area (Å²) >= 11 is 0.